The molecular weight excluding hydrogens is 386 g/mol. The van der Waals surface area contributed by atoms with E-state index in [9.17, 15) is 4.79 Å². The molecule has 7 heteroatoms. The topological polar surface area (TPSA) is 54.9 Å². The van der Waals surface area contributed by atoms with Gasteiger partial charge in [0.2, 0.25) is 0 Å². The average Bonchev–Trinajstić information content (AvgIpc) is 3.17. The van der Waals surface area contributed by atoms with Gasteiger partial charge >= 0.3 is 0 Å². The minimum Gasteiger partial charge on any atom is -0.497 e. The van der Waals surface area contributed by atoms with Crippen LogP contribution in [-0.2, 0) is 0 Å². The molecule has 29 heavy (non-hydrogen) atoms. The number of anilines is 1. The van der Waals surface area contributed by atoms with Crippen molar-refractivity contribution in [1.29, 1.82) is 0 Å². The number of aryl methyl sites for hydroxylation is 2. The number of carbonyl (C=O) groups excluding carboxylic acids is 1. The second-order valence-electron chi connectivity index (χ2n) is 7.31. The summed E-state index contributed by atoms with van der Waals surface area (Å²) in [6.45, 7) is 7.08. The molecule has 1 aliphatic rings. The van der Waals surface area contributed by atoms with Crippen molar-refractivity contribution in [3.05, 3.63) is 47.0 Å². The van der Waals surface area contributed by atoms with Crippen LogP contribution >= 0.6 is 11.3 Å². The van der Waals surface area contributed by atoms with E-state index in [0.717, 1.165) is 23.7 Å². The predicted octanol–water partition coefficient (Wildman–Crippen LogP) is 3.89. The zero-order chi connectivity index (χ0) is 20.5. The highest BCUT2D eigenvalue weighted by molar-refractivity contribution is 7.22. The smallest absolute Gasteiger partial charge is 0.254 e. The van der Waals surface area contributed by atoms with Crippen molar-refractivity contribution in [2.45, 2.75) is 13.8 Å². The average molecular weight is 412 g/mol. The number of carbonyl (C=O) groups is 1. The zero-order valence-electron chi connectivity index (χ0n) is 17.2. The third kappa shape index (κ3) is 3.87. The van der Waals surface area contributed by atoms with Crippen molar-refractivity contribution in [2.75, 3.05) is 45.3 Å². The third-order valence-electron chi connectivity index (χ3n) is 5.25. The first kappa shape index (κ1) is 19.5. The molecule has 3 aromatic rings. The molecule has 0 saturated carbocycles. The Hall–Kier alpha value is -2.80. The molecule has 0 aliphatic carbocycles. The summed E-state index contributed by atoms with van der Waals surface area (Å²) in [6.07, 6.45) is 0. The summed E-state index contributed by atoms with van der Waals surface area (Å²) in [4.78, 5) is 22.0. The fraction of sp³-hybridized carbons (Fsp3) is 0.364. The Morgan fingerprint density at radius 3 is 2.24 bits per heavy atom. The van der Waals surface area contributed by atoms with E-state index in [-0.39, 0.29) is 5.91 Å². The van der Waals surface area contributed by atoms with Gasteiger partial charge in [0.1, 0.15) is 11.5 Å². The van der Waals surface area contributed by atoms with E-state index in [2.05, 4.69) is 30.9 Å². The number of aromatic nitrogens is 1. The Bertz CT molecular complexity index is 1030. The number of rotatable bonds is 4. The number of nitrogens with zero attached hydrogens (tertiary/aromatic N) is 3. The first-order valence-electron chi connectivity index (χ1n) is 9.63. The lowest BCUT2D eigenvalue weighted by Crippen LogP contribution is -2.48. The molecule has 2 heterocycles. The maximum Gasteiger partial charge on any atom is 0.254 e. The van der Waals surface area contributed by atoms with Gasteiger partial charge in [0.05, 0.1) is 24.4 Å². The molecular formula is C22H25N3O3S. The molecule has 152 valence electrons. The quantitative estimate of drug-likeness (QED) is 0.652. The van der Waals surface area contributed by atoms with E-state index in [4.69, 9.17) is 14.5 Å². The summed E-state index contributed by atoms with van der Waals surface area (Å²) in [5.74, 6) is 1.23. The molecule has 1 aliphatic heterocycles. The molecule has 1 fully saturated rings. The van der Waals surface area contributed by atoms with Gasteiger partial charge in [-0.15, -0.1) is 0 Å². The molecule has 0 atom stereocenters. The highest BCUT2D eigenvalue weighted by Crippen LogP contribution is 2.32. The number of methoxy groups -OCH3 is 2. The summed E-state index contributed by atoms with van der Waals surface area (Å²) in [5.41, 5.74) is 4.14. The molecule has 4 rings (SSSR count). The lowest BCUT2D eigenvalue weighted by molar-refractivity contribution is 0.0746. The molecule has 0 radical (unpaired) electrons. The number of benzene rings is 2. The molecule has 0 bridgehead atoms. The van der Waals surface area contributed by atoms with Crippen LogP contribution in [0.25, 0.3) is 10.2 Å². The predicted molar refractivity (Wildman–Crippen MR) is 117 cm³/mol. The van der Waals surface area contributed by atoms with Gasteiger partial charge in [0, 0.05) is 37.8 Å². The Balaban J connectivity index is 1.48. The van der Waals surface area contributed by atoms with Crippen LogP contribution in [0, 0.1) is 13.8 Å². The molecule has 1 aromatic heterocycles. The molecule has 1 saturated heterocycles. The Kier molecular flexibility index (Phi) is 5.32. The largest absolute Gasteiger partial charge is 0.497 e. The fourth-order valence-electron chi connectivity index (χ4n) is 3.71. The summed E-state index contributed by atoms with van der Waals surface area (Å²) >= 11 is 1.73. The summed E-state index contributed by atoms with van der Waals surface area (Å²) < 4.78 is 11.8. The van der Waals surface area contributed by atoms with E-state index in [1.54, 1.807) is 43.8 Å². The van der Waals surface area contributed by atoms with Crippen LogP contribution in [0.15, 0.2) is 30.3 Å². The van der Waals surface area contributed by atoms with Crippen LogP contribution in [0.2, 0.25) is 0 Å². The zero-order valence-corrected chi connectivity index (χ0v) is 18.0. The minimum absolute atomic E-state index is 0.00220. The standard InChI is InChI=1S/C22H25N3O3S/c1-14-9-15(2)20-19(10-14)29-22(23-20)25-7-5-24(6-8-25)21(26)16-11-17(27-3)13-18(12-16)28-4/h9-13H,5-8H2,1-4H3. The number of ether oxygens (including phenoxy) is 2. The highest BCUT2D eigenvalue weighted by atomic mass is 32.1. The molecule has 0 unspecified atom stereocenters. The van der Waals surface area contributed by atoms with Gasteiger partial charge in [-0.25, -0.2) is 4.98 Å². The number of fused-ring (bicyclic) bond motifs is 1. The third-order valence-corrected chi connectivity index (χ3v) is 6.32. The molecule has 0 spiro atoms. The number of amides is 1. The molecule has 0 N–H and O–H groups in total. The summed E-state index contributed by atoms with van der Waals surface area (Å²) in [5, 5.41) is 1.03. The van der Waals surface area contributed by atoms with Gasteiger partial charge in [0.15, 0.2) is 5.13 Å². The van der Waals surface area contributed by atoms with E-state index < -0.39 is 0 Å². The van der Waals surface area contributed by atoms with Gasteiger partial charge < -0.3 is 19.3 Å². The molecule has 6 nitrogen and oxygen atoms in total. The number of thiazole rings is 1. The SMILES string of the molecule is COc1cc(OC)cc(C(=O)N2CCN(c3nc4c(C)cc(C)cc4s3)CC2)c1. The summed E-state index contributed by atoms with van der Waals surface area (Å²) in [6, 6.07) is 9.65. The van der Waals surface area contributed by atoms with Crippen molar-refractivity contribution in [3.8, 4) is 11.5 Å². The van der Waals surface area contributed by atoms with E-state index in [0.29, 0.717) is 30.2 Å². The van der Waals surface area contributed by atoms with E-state index in [1.165, 1.54) is 15.8 Å². The number of hydrogen-bond donors (Lipinski definition) is 0. The molecule has 2 aromatic carbocycles. The lowest BCUT2D eigenvalue weighted by Gasteiger charge is -2.34. The monoisotopic (exact) mass is 411 g/mol. The molecule has 1 amide bonds. The van der Waals surface area contributed by atoms with Crippen molar-refractivity contribution in [2.24, 2.45) is 0 Å². The van der Waals surface area contributed by atoms with Crippen molar-refractivity contribution < 1.29 is 14.3 Å². The van der Waals surface area contributed by atoms with Gasteiger partial charge in [-0.05, 0) is 43.2 Å². The van der Waals surface area contributed by atoms with Gasteiger partial charge in [-0.1, -0.05) is 17.4 Å². The maximum absolute atomic E-state index is 13.0. The highest BCUT2D eigenvalue weighted by Gasteiger charge is 2.25. The Morgan fingerprint density at radius 1 is 0.966 bits per heavy atom. The summed E-state index contributed by atoms with van der Waals surface area (Å²) in [7, 11) is 3.17. The Morgan fingerprint density at radius 2 is 1.62 bits per heavy atom. The van der Waals surface area contributed by atoms with Crippen molar-refractivity contribution >= 4 is 32.6 Å². The van der Waals surface area contributed by atoms with Crippen LogP contribution in [0.4, 0.5) is 5.13 Å². The van der Waals surface area contributed by atoms with Crippen molar-refractivity contribution in [1.82, 2.24) is 9.88 Å². The van der Waals surface area contributed by atoms with Gasteiger partial charge in [-0.2, -0.15) is 0 Å². The van der Waals surface area contributed by atoms with Gasteiger partial charge in [-0.3, -0.25) is 4.79 Å². The van der Waals surface area contributed by atoms with Crippen LogP contribution in [0.3, 0.4) is 0 Å². The van der Waals surface area contributed by atoms with E-state index in [1.807, 2.05) is 4.90 Å². The first-order valence-corrected chi connectivity index (χ1v) is 10.4. The fourth-order valence-corrected chi connectivity index (χ4v) is 4.90. The minimum atomic E-state index is -0.00220. The lowest BCUT2D eigenvalue weighted by atomic mass is 10.1. The van der Waals surface area contributed by atoms with Crippen LogP contribution in [0.1, 0.15) is 21.5 Å². The number of piperazine rings is 1. The number of hydrogen-bond acceptors (Lipinski definition) is 6. The maximum atomic E-state index is 13.0. The van der Waals surface area contributed by atoms with Gasteiger partial charge in [0.25, 0.3) is 5.91 Å². The van der Waals surface area contributed by atoms with Crippen LogP contribution in [-0.4, -0.2) is 56.2 Å². The Labute approximate surface area is 174 Å². The second-order valence-corrected chi connectivity index (χ2v) is 8.31. The normalized spacial score (nSPS) is 14.3. The van der Waals surface area contributed by atoms with Crippen molar-refractivity contribution in [3.63, 3.8) is 0 Å². The first-order chi connectivity index (χ1) is 14.0. The second kappa shape index (κ2) is 7.91. The van der Waals surface area contributed by atoms with E-state index >= 15 is 0 Å². The van der Waals surface area contributed by atoms with Crippen LogP contribution in [0.5, 0.6) is 11.5 Å². The van der Waals surface area contributed by atoms with Crippen LogP contribution < -0.4 is 14.4 Å².